The highest BCUT2D eigenvalue weighted by molar-refractivity contribution is 6.77. The SMILES string of the molecule is CC1C[Si](C)(C)CCN1c1ccccc1. The van der Waals surface area contributed by atoms with Crippen LogP contribution in [-0.2, 0) is 0 Å². The molecule has 0 amide bonds. The van der Waals surface area contributed by atoms with E-state index in [2.05, 4.69) is 55.2 Å². The van der Waals surface area contributed by atoms with E-state index in [0.717, 1.165) is 6.04 Å². The van der Waals surface area contributed by atoms with Gasteiger partial charge in [0.1, 0.15) is 0 Å². The molecule has 1 aliphatic rings. The Morgan fingerprint density at radius 1 is 1.20 bits per heavy atom. The van der Waals surface area contributed by atoms with Crippen molar-refractivity contribution >= 4 is 13.8 Å². The van der Waals surface area contributed by atoms with Gasteiger partial charge in [-0.05, 0) is 31.1 Å². The zero-order chi connectivity index (χ0) is 10.9. The molecule has 1 heterocycles. The number of benzene rings is 1. The van der Waals surface area contributed by atoms with Crippen LogP contribution in [-0.4, -0.2) is 20.7 Å². The molecule has 0 spiro atoms. The molecular weight excluding hydrogens is 198 g/mol. The molecule has 0 N–H and O–H groups in total. The Kier molecular flexibility index (Phi) is 2.87. The van der Waals surface area contributed by atoms with Crippen molar-refractivity contribution in [3.8, 4) is 0 Å². The summed E-state index contributed by atoms with van der Waals surface area (Å²) < 4.78 is 0. The van der Waals surface area contributed by atoms with Crippen molar-refractivity contribution in [2.75, 3.05) is 11.4 Å². The summed E-state index contributed by atoms with van der Waals surface area (Å²) in [6.45, 7) is 8.67. The van der Waals surface area contributed by atoms with Gasteiger partial charge >= 0.3 is 0 Å². The van der Waals surface area contributed by atoms with Crippen molar-refractivity contribution in [3.63, 3.8) is 0 Å². The van der Waals surface area contributed by atoms with Crippen molar-refractivity contribution in [1.29, 1.82) is 0 Å². The minimum Gasteiger partial charge on any atom is -0.369 e. The average Bonchev–Trinajstić information content (AvgIpc) is 2.17. The Balaban J connectivity index is 2.13. The molecule has 2 rings (SSSR count). The summed E-state index contributed by atoms with van der Waals surface area (Å²) in [6.07, 6.45) is 0. The van der Waals surface area contributed by atoms with Crippen LogP contribution in [0.5, 0.6) is 0 Å². The molecule has 1 aliphatic heterocycles. The number of rotatable bonds is 1. The van der Waals surface area contributed by atoms with E-state index in [1.807, 2.05) is 0 Å². The minimum atomic E-state index is -0.870. The number of hydrogen-bond acceptors (Lipinski definition) is 1. The summed E-state index contributed by atoms with van der Waals surface area (Å²) >= 11 is 0. The third kappa shape index (κ3) is 2.43. The van der Waals surface area contributed by atoms with Gasteiger partial charge in [0, 0.05) is 18.3 Å². The molecule has 2 heteroatoms. The van der Waals surface area contributed by atoms with Crippen molar-refractivity contribution in [2.45, 2.75) is 38.1 Å². The van der Waals surface area contributed by atoms with E-state index in [-0.39, 0.29) is 0 Å². The second kappa shape index (κ2) is 4.01. The molecule has 1 aromatic carbocycles. The molecule has 1 atom stereocenters. The summed E-state index contributed by atoms with van der Waals surface area (Å²) in [5.74, 6) is 0. The van der Waals surface area contributed by atoms with Crippen LogP contribution in [0.3, 0.4) is 0 Å². The molecule has 82 valence electrons. The smallest absolute Gasteiger partial charge is 0.0511 e. The van der Waals surface area contributed by atoms with Crippen LogP contribution in [0.4, 0.5) is 5.69 Å². The van der Waals surface area contributed by atoms with Crippen LogP contribution in [0.15, 0.2) is 30.3 Å². The predicted octanol–water partition coefficient (Wildman–Crippen LogP) is 3.60. The number of hydrogen-bond donors (Lipinski definition) is 0. The Morgan fingerprint density at radius 2 is 1.87 bits per heavy atom. The molecule has 15 heavy (non-hydrogen) atoms. The number of anilines is 1. The van der Waals surface area contributed by atoms with Gasteiger partial charge in [0.25, 0.3) is 0 Å². The molecule has 1 nitrogen and oxygen atoms in total. The van der Waals surface area contributed by atoms with Gasteiger partial charge in [-0.15, -0.1) is 0 Å². The lowest BCUT2D eigenvalue weighted by molar-refractivity contribution is 0.660. The highest BCUT2D eigenvalue weighted by atomic mass is 28.3. The fourth-order valence-corrected chi connectivity index (χ4v) is 5.53. The maximum Gasteiger partial charge on any atom is 0.0511 e. The zero-order valence-electron chi connectivity index (χ0n) is 10.0. The van der Waals surface area contributed by atoms with Crippen LogP contribution < -0.4 is 4.90 Å². The first-order valence-electron chi connectivity index (χ1n) is 5.90. The van der Waals surface area contributed by atoms with E-state index in [9.17, 15) is 0 Å². The number of nitrogens with zero attached hydrogens (tertiary/aromatic N) is 1. The lowest BCUT2D eigenvalue weighted by Crippen LogP contribution is -2.48. The van der Waals surface area contributed by atoms with E-state index in [0.29, 0.717) is 0 Å². The summed E-state index contributed by atoms with van der Waals surface area (Å²) in [4.78, 5) is 2.57. The molecule has 0 saturated carbocycles. The van der Waals surface area contributed by atoms with Crippen LogP contribution >= 0.6 is 0 Å². The van der Waals surface area contributed by atoms with Crippen LogP contribution in [0.2, 0.25) is 25.2 Å². The molecule has 0 bridgehead atoms. The first-order valence-corrected chi connectivity index (χ1v) is 9.32. The average molecular weight is 219 g/mol. The Labute approximate surface area is 94.1 Å². The largest absolute Gasteiger partial charge is 0.369 e. The molecule has 0 radical (unpaired) electrons. The standard InChI is InChI=1S/C13H21NSi/c1-12-11-15(2,3)10-9-14(12)13-7-5-4-6-8-13/h4-8,12H,9-11H2,1-3H3. The van der Waals surface area contributed by atoms with Crippen LogP contribution in [0.1, 0.15) is 6.92 Å². The van der Waals surface area contributed by atoms with Gasteiger partial charge in [-0.25, -0.2) is 0 Å². The lowest BCUT2D eigenvalue weighted by Gasteiger charge is -2.42. The van der Waals surface area contributed by atoms with Gasteiger partial charge in [-0.2, -0.15) is 0 Å². The van der Waals surface area contributed by atoms with Crippen molar-refractivity contribution in [2.24, 2.45) is 0 Å². The zero-order valence-corrected chi connectivity index (χ0v) is 11.0. The summed E-state index contributed by atoms with van der Waals surface area (Å²) in [6, 6.07) is 14.4. The molecule has 1 saturated heterocycles. The van der Waals surface area contributed by atoms with Crippen molar-refractivity contribution in [3.05, 3.63) is 30.3 Å². The Hall–Kier alpha value is -0.763. The first kappa shape index (κ1) is 10.7. The van der Waals surface area contributed by atoms with Crippen LogP contribution in [0.25, 0.3) is 0 Å². The quantitative estimate of drug-likeness (QED) is 0.652. The van der Waals surface area contributed by atoms with Gasteiger partial charge < -0.3 is 4.90 Å². The predicted molar refractivity (Wildman–Crippen MR) is 70.3 cm³/mol. The van der Waals surface area contributed by atoms with E-state index < -0.39 is 8.07 Å². The maximum atomic E-state index is 2.57. The summed E-state index contributed by atoms with van der Waals surface area (Å²) in [5, 5.41) is 0. The molecule has 1 fully saturated rings. The molecule has 0 aliphatic carbocycles. The topological polar surface area (TPSA) is 3.24 Å². The normalized spacial score (nSPS) is 25.3. The monoisotopic (exact) mass is 219 g/mol. The second-order valence-corrected chi connectivity index (χ2v) is 10.7. The van der Waals surface area contributed by atoms with E-state index in [4.69, 9.17) is 0 Å². The molecule has 1 unspecified atom stereocenters. The summed E-state index contributed by atoms with van der Waals surface area (Å²) in [5.41, 5.74) is 1.40. The highest BCUT2D eigenvalue weighted by Gasteiger charge is 2.31. The second-order valence-electron chi connectivity index (χ2n) is 5.50. The minimum absolute atomic E-state index is 0.725. The Morgan fingerprint density at radius 3 is 2.47 bits per heavy atom. The summed E-state index contributed by atoms with van der Waals surface area (Å²) in [7, 11) is -0.870. The molecule has 1 aromatic rings. The fourth-order valence-electron chi connectivity index (χ4n) is 2.66. The Bertz CT molecular complexity index is 321. The van der Waals surface area contributed by atoms with Gasteiger partial charge in [0.05, 0.1) is 8.07 Å². The molecular formula is C13H21NSi. The van der Waals surface area contributed by atoms with Crippen molar-refractivity contribution in [1.82, 2.24) is 0 Å². The van der Waals surface area contributed by atoms with Gasteiger partial charge in [-0.3, -0.25) is 0 Å². The first-order chi connectivity index (χ1) is 7.08. The van der Waals surface area contributed by atoms with E-state index in [1.165, 1.54) is 24.3 Å². The molecule has 0 aromatic heterocycles. The van der Waals surface area contributed by atoms with Gasteiger partial charge in [0.15, 0.2) is 0 Å². The van der Waals surface area contributed by atoms with Gasteiger partial charge in [-0.1, -0.05) is 31.3 Å². The fraction of sp³-hybridized carbons (Fsp3) is 0.538. The number of para-hydroxylation sites is 1. The van der Waals surface area contributed by atoms with E-state index in [1.54, 1.807) is 0 Å². The van der Waals surface area contributed by atoms with Crippen LogP contribution in [0, 0.1) is 0 Å². The van der Waals surface area contributed by atoms with Gasteiger partial charge in [0.2, 0.25) is 0 Å². The third-order valence-corrected chi connectivity index (χ3v) is 6.77. The van der Waals surface area contributed by atoms with Crippen molar-refractivity contribution < 1.29 is 0 Å². The van der Waals surface area contributed by atoms with E-state index >= 15 is 0 Å². The third-order valence-electron chi connectivity index (χ3n) is 3.50. The highest BCUT2D eigenvalue weighted by Crippen LogP contribution is 2.30. The maximum absolute atomic E-state index is 2.57. The lowest BCUT2D eigenvalue weighted by atomic mass is 10.2.